The van der Waals surface area contributed by atoms with Crippen molar-refractivity contribution in [2.45, 2.75) is 0 Å². The van der Waals surface area contributed by atoms with Crippen molar-refractivity contribution in [2.24, 2.45) is 0 Å². The molecule has 3 heteroatoms. The average molecular weight is 106 g/mol. The van der Waals surface area contributed by atoms with Gasteiger partial charge in [-0.2, -0.15) is 0 Å². The van der Waals surface area contributed by atoms with Crippen LogP contribution < -0.4 is 0 Å². The lowest BCUT2D eigenvalue weighted by Gasteiger charge is -1.89. The molecule has 1 atom stereocenters. The number of hydrogen-bond acceptors (Lipinski definition) is 2. The van der Waals surface area contributed by atoms with Gasteiger partial charge in [0.05, 0.1) is 7.11 Å². The van der Waals surface area contributed by atoms with Gasteiger partial charge in [0, 0.05) is 5.82 Å². The highest BCUT2D eigenvalue weighted by Gasteiger charge is 1.76. The number of rotatable bonds is 1. The van der Waals surface area contributed by atoms with Gasteiger partial charge in [-0.05, 0) is 0 Å². The lowest BCUT2D eigenvalue weighted by atomic mass is 11.0. The Balaban J connectivity index is 3.22. The third-order valence-corrected chi connectivity index (χ3v) is 0.637. The summed E-state index contributed by atoms with van der Waals surface area (Å²) in [5.74, 6) is 1.32. The van der Waals surface area contributed by atoms with Crippen molar-refractivity contribution in [1.82, 2.24) is 0 Å². The quantitative estimate of drug-likeness (QED) is 0.397. The first-order valence-corrected chi connectivity index (χ1v) is 2.12. The van der Waals surface area contributed by atoms with Crippen molar-refractivity contribution in [3.8, 4) is 0 Å². The van der Waals surface area contributed by atoms with Gasteiger partial charge >= 0.3 is 0 Å². The van der Waals surface area contributed by atoms with E-state index in [-0.39, 0.29) is 5.95 Å². The molecule has 0 aliphatic rings. The number of aliphatic hydroxyl groups is 1. The number of ether oxygens (including phenoxy) is 1. The maximum atomic E-state index is 8.28. The molecule has 1 N–H and O–H groups in total. The first kappa shape index (κ1) is 5.77. The van der Waals surface area contributed by atoms with Gasteiger partial charge in [-0.1, -0.05) is 0 Å². The molecular weight excluding hydrogens is 99.0 g/mol. The molecule has 0 rings (SSSR count). The summed E-state index contributed by atoms with van der Waals surface area (Å²) in [4.78, 5) is 0. The normalized spacial score (nSPS) is 11.3. The monoisotopic (exact) mass is 106 g/mol. The Kier molecular flexibility index (Phi) is 2.87. The summed E-state index contributed by atoms with van der Waals surface area (Å²) in [6.45, 7) is 0. The first-order chi connectivity index (χ1) is 2.81. The molecule has 0 aromatic carbocycles. The summed E-state index contributed by atoms with van der Waals surface area (Å²) >= 11 is 0. The maximum absolute atomic E-state index is 8.28. The van der Waals surface area contributed by atoms with Crippen LogP contribution in [-0.4, -0.2) is 12.2 Å². The Labute approximate surface area is 39.0 Å². The van der Waals surface area contributed by atoms with Crippen molar-refractivity contribution in [2.75, 3.05) is 7.11 Å². The molecule has 0 aliphatic carbocycles. The van der Waals surface area contributed by atoms with Crippen LogP contribution >= 0.6 is 9.24 Å². The molecule has 0 aliphatic heterocycles. The fourth-order valence-electron chi connectivity index (χ4n) is 0.0680. The molecule has 0 saturated carbocycles. The van der Waals surface area contributed by atoms with Crippen LogP contribution in [0.4, 0.5) is 0 Å². The smallest absolute Gasteiger partial charge is 0.276 e. The Morgan fingerprint density at radius 3 is 2.50 bits per heavy atom. The topological polar surface area (TPSA) is 29.5 Å². The minimum Gasteiger partial charge on any atom is -0.481 e. The van der Waals surface area contributed by atoms with Crippen LogP contribution in [0.25, 0.3) is 0 Å². The molecule has 1 unspecified atom stereocenters. The van der Waals surface area contributed by atoms with Crippen molar-refractivity contribution >= 4 is 9.24 Å². The molecule has 0 saturated heterocycles. The molecule has 0 bridgehead atoms. The van der Waals surface area contributed by atoms with Crippen LogP contribution in [0.15, 0.2) is 11.8 Å². The van der Waals surface area contributed by atoms with E-state index in [9.17, 15) is 0 Å². The molecule has 0 aromatic heterocycles. The summed E-state index contributed by atoms with van der Waals surface area (Å²) in [6, 6.07) is 0. The molecule has 0 aromatic rings. The highest BCUT2D eigenvalue weighted by Crippen LogP contribution is 1.91. The van der Waals surface area contributed by atoms with Gasteiger partial charge in [-0.3, -0.25) is 0 Å². The van der Waals surface area contributed by atoms with Crippen molar-refractivity contribution in [3.05, 3.63) is 11.8 Å². The molecule has 0 fully saturated rings. The van der Waals surface area contributed by atoms with E-state index in [4.69, 9.17) is 5.11 Å². The minimum absolute atomic E-state index is 0.0694. The lowest BCUT2D eigenvalue weighted by Crippen LogP contribution is -1.77. The van der Waals surface area contributed by atoms with E-state index in [1.165, 1.54) is 12.9 Å². The lowest BCUT2D eigenvalue weighted by molar-refractivity contribution is 0.137. The molecule has 0 amide bonds. The zero-order chi connectivity index (χ0) is 4.99. The molecule has 6 heavy (non-hydrogen) atoms. The zero-order valence-electron chi connectivity index (χ0n) is 3.51. The predicted molar refractivity (Wildman–Crippen MR) is 27.4 cm³/mol. The molecule has 0 heterocycles. The van der Waals surface area contributed by atoms with E-state index >= 15 is 0 Å². The number of aliphatic hydroxyl groups excluding tert-OH is 1. The standard InChI is InChI=1S/C3H7O2P/c1-5-3(4)2-6/h2,4H,6H2,1H3/b3-2+. The largest absolute Gasteiger partial charge is 0.481 e. The van der Waals surface area contributed by atoms with E-state index in [0.29, 0.717) is 0 Å². The molecule has 2 nitrogen and oxygen atoms in total. The van der Waals surface area contributed by atoms with Gasteiger partial charge in [0.25, 0.3) is 5.95 Å². The third kappa shape index (κ3) is 2.04. The summed E-state index contributed by atoms with van der Waals surface area (Å²) in [5, 5.41) is 8.28. The van der Waals surface area contributed by atoms with E-state index in [1.54, 1.807) is 0 Å². The third-order valence-electron chi connectivity index (χ3n) is 0.352. The Hall–Kier alpha value is -0.230. The maximum Gasteiger partial charge on any atom is 0.276 e. The second-order valence-electron chi connectivity index (χ2n) is 0.709. The van der Waals surface area contributed by atoms with Crippen LogP contribution in [0, 0.1) is 0 Å². The summed E-state index contributed by atoms with van der Waals surface area (Å²) in [6.07, 6.45) is 0. The van der Waals surface area contributed by atoms with Crippen molar-refractivity contribution < 1.29 is 9.84 Å². The molecule has 36 valence electrons. The van der Waals surface area contributed by atoms with Gasteiger partial charge in [0.1, 0.15) is 0 Å². The van der Waals surface area contributed by atoms with Gasteiger partial charge in [-0.15, -0.1) is 9.24 Å². The van der Waals surface area contributed by atoms with E-state index in [2.05, 4.69) is 14.0 Å². The Bertz CT molecular complexity index is 59.8. The predicted octanol–water partition coefficient (Wildman–Crippen LogP) is 0.865. The first-order valence-electron chi connectivity index (χ1n) is 1.46. The highest BCUT2D eigenvalue weighted by molar-refractivity contribution is 7.20. The second-order valence-corrected chi connectivity index (χ2v) is 1.04. The van der Waals surface area contributed by atoms with Crippen LogP contribution in [0.1, 0.15) is 0 Å². The van der Waals surface area contributed by atoms with E-state index in [1.807, 2.05) is 0 Å². The average Bonchev–Trinajstić information content (AvgIpc) is 1.65. The van der Waals surface area contributed by atoms with Crippen molar-refractivity contribution in [1.29, 1.82) is 0 Å². The van der Waals surface area contributed by atoms with Gasteiger partial charge in [-0.25, -0.2) is 0 Å². The summed E-state index contributed by atoms with van der Waals surface area (Å²) in [5.41, 5.74) is 0. The van der Waals surface area contributed by atoms with Crippen LogP contribution in [0.2, 0.25) is 0 Å². The molecule has 0 radical (unpaired) electrons. The van der Waals surface area contributed by atoms with Gasteiger partial charge < -0.3 is 9.84 Å². The second kappa shape index (κ2) is 2.98. The Morgan fingerprint density at radius 1 is 2.00 bits per heavy atom. The number of hydrogen-bond donors (Lipinski definition) is 1. The fourth-order valence-corrected chi connectivity index (χ4v) is 0.204. The molecular formula is C3H7O2P. The van der Waals surface area contributed by atoms with Crippen molar-refractivity contribution in [3.63, 3.8) is 0 Å². The Morgan fingerprint density at radius 2 is 2.50 bits per heavy atom. The highest BCUT2D eigenvalue weighted by atomic mass is 31.0. The molecule has 0 spiro atoms. The SMILES string of the molecule is CO/C(O)=C/P. The fraction of sp³-hybridized carbons (Fsp3) is 0.333. The zero-order valence-corrected chi connectivity index (χ0v) is 4.66. The van der Waals surface area contributed by atoms with E-state index < -0.39 is 0 Å². The minimum atomic E-state index is -0.0694. The van der Waals surface area contributed by atoms with Crippen LogP contribution in [0.3, 0.4) is 0 Å². The summed E-state index contributed by atoms with van der Waals surface area (Å²) < 4.78 is 4.30. The van der Waals surface area contributed by atoms with Gasteiger partial charge in [0.15, 0.2) is 0 Å². The summed E-state index contributed by atoms with van der Waals surface area (Å²) in [7, 11) is 3.60. The van der Waals surface area contributed by atoms with E-state index in [0.717, 1.165) is 0 Å². The van der Waals surface area contributed by atoms with Crippen LogP contribution in [-0.2, 0) is 4.74 Å². The van der Waals surface area contributed by atoms with Gasteiger partial charge in [0.2, 0.25) is 0 Å². The number of methoxy groups -OCH3 is 1. The van der Waals surface area contributed by atoms with Crippen LogP contribution in [0.5, 0.6) is 0 Å².